The molecule has 1 saturated carbocycles. The first kappa shape index (κ1) is 14.3. The zero-order valence-corrected chi connectivity index (χ0v) is 11.5. The molecule has 106 valence electrons. The van der Waals surface area contributed by atoms with E-state index in [2.05, 4.69) is 4.90 Å². The number of aliphatic hydroxyl groups excluding tert-OH is 1. The van der Waals surface area contributed by atoms with E-state index in [1.807, 2.05) is 13.0 Å². The number of nitrogens with zero attached hydrogens (tertiary/aromatic N) is 1. The zero-order chi connectivity index (χ0) is 13.8. The van der Waals surface area contributed by atoms with Gasteiger partial charge in [-0.2, -0.15) is 0 Å². The summed E-state index contributed by atoms with van der Waals surface area (Å²) in [5, 5.41) is 9.04. The van der Waals surface area contributed by atoms with Gasteiger partial charge in [0.2, 0.25) is 0 Å². The van der Waals surface area contributed by atoms with Gasteiger partial charge >= 0.3 is 0 Å². The third kappa shape index (κ3) is 3.07. The summed E-state index contributed by atoms with van der Waals surface area (Å²) in [6.07, 6.45) is 4.20. The quantitative estimate of drug-likeness (QED) is 0.832. The van der Waals surface area contributed by atoms with Crippen molar-refractivity contribution in [1.82, 2.24) is 0 Å². The molecule has 1 atom stereocenters. The monoisotopic (exact) mass is 266 g/mol. The minimum atomic E-state index is -0.326. The second-order valence-electron chi connectivity index (χ2n) is 5.32. The summed E-state index contributed by atoms with van der Waals surface area (Å²) in [5.74, 6) is -0.235. The molecule has 2 rings (SSSR count). The molecule has 0 heterocycles. The van der Waals surface area contributed by atoms with E-state index in [1.54, 1.807) is 6.07 Å². The topological polar surface area (TPSA) is 49.5 Å². The first-order valence-electron chi connectivity index (χ1n) is 7.06. The van der Waals surface area contributed by atoms with Crippen LogP contribution in [0.2, 0.25) is 0 Å². The van der Waals surface area contributed by atoms with Crippen molar-refractivity contribution in [2.24, 2.45) is 5.73 Å². The van der Waals surface area contributed by atoms with Gasteiger partial charge in [-0.25, -0.2) is 4.39 Å². The Morgan fingerprint density at radius 1 is 1.47 bits per heavy atom. The van der Waals surface area contributed by atoms with Crippen molar-refractivity contribution >= 4 is 5.69 Å². The third-order valence-corrected chi connectivity index (χ3v) is 3.87. The Kier molecular flexibility index (Phi) is 4.77. The van der Waals surface area contributed by atoms with Crippen molar-refractivity contribution in [2.45, 2.75) is 44.7 Å². The second-order valence-corrected chi connectivity index (χ2v) is 5.32. The molecule has 0 radical (unpaired) electrons. The molecule has 1 aliphatic carbocycles. The van der Waals surface area contributed by atoms with Gasteiger partial charge in [0.1, 0.15) is 5.82 Å². The minimum absolute atomic E-state index is 0.159. The van der Waals surface area contributed by atoms with Gasteiger partial charge in [-0.15, -0.1) is 0 Å². The lowest BCUT2D eigenvalue weighted by molar-refractivity contribution is 0.282. The molecule has 0 bridgehead atoms. The van der Waals surface area contributed by atoms with Gasteiger partial charge in [-0.05, 0) is 44.7 Å². The lowest BCUT2D eigenvalue weighted by atomic mass is 9.90. The van der Waals surface area contributed by atoms with E-state index in [-0.39, 0.29) is 18.5 Å². The molecule has 1 aromatic rings. The third-order valence-electron chi connectivity index (χ3n) is 3.87. The van der Waals surface area contributed by atoms with Gasteiger partial charge in [0, 0.05) is 36.5 Å². The Balaban J connectivity index is 2.31. The lowest BCUT2D eigenvalue weighted by Gasteiger charge is -2.40. The van der Waals surface area contributed by atoms with Crippen LogP contribution in [-0.2, 0) is 0 Å². The largest absolute Gasteiger partial charge is 0.396 e. The first-order chi connectivity index (χ1) is 9.15. The molecule has 19 heavy (non-hydrogen) atoms. The molecule has 0 aliphatic heterocycles. The summed E-state index contributed by atoms with van der Waals surface area (Å²) in [7, 11) is 0. The van der Waals surface area contributed by atoms with E-state index in [1.165, 1.54) is 12.5 Å². The molecule has 0 saturated heterocycles. The first-order valence-corrected chi connectivity index (χ1v) is 7.06. The number of halogens is 1. The molecule has 4 heteroatoms. The average molecular weight is 266 g/mol. The maximum atomic E-state index is 14.0. The molecule has 3 nitrogen and oxygen atoms in total. The van der Waals surface area contributed by atoms with Crippen LogP contribution in [0.1, 0.15) is 44.2 Å². The molecule has 1 aromatic carbocycles. The molecule has 0 amide bonds. The number of anilines is 1. The van der Waals surface area contributed by atoms with E-state index in [0.717, 1.165) is 25.1 Å². The maximum Gasteiger partial charge on any atom is 0.130 e. The SMILES string of the molecule is CC(N)c1c(F)cccc1N(CCCO)C1CCC1. The zero-order valence-electron chi connectivity index (χ0n) is 11.5. The highest BCUT2D eigenvalue weighted by atomic mass is 19.1. The van der Waals surface area contributed by atoms with Gasteiger partial charge in [0.25, 0.3) is 0 Å². The average Bonchev–Trinajstić information content (AvgIpc) is 2.31. The molecule has 3 N–H and O–H groups in total. The van der Waals surface area contributed by atoms with Crippen molar-refractivity contribution in [1.29, 1.82) is 0 Å². The van der Waals surface area contributed by atoms with Gasteiger partial charge in [-0.3, -0.25) is 0 Å². The Labute approximate surface area is 114 Å². The number of benzene rings is 1. The van der Waals surface area contributed by atoms with Crippen LogP contribution in [0.25, 0.3) is 0 Å². The number of nitrogens with two attached hydrogens (primary N) is 1. The number of hydrogen-bond acceptors (Lipinski definition) is 3. The summed E-state index contributed by atoms with van der Waals surface area (Å²) in [6, 6.07) is 5.28. The molecule has 0 aromatic heterocycles. The maximum absolute atomic E-state index is 14.0. The van der Waals surface area contributed by atoms with Crippen LogP contribution in [-0.4, -0.2) is 24.3 Å². The highest BCUT2D eigenvalue weighted by Crippen LogP contribution is 2.34. The van der Waals surface area contributed by atoms with Crippen LogP contribution in [0.3, 0.4) is 0 Å². The summed E-state index contributed by atoms with van der Waals surface area (Å²) in [6.45, 7) is 2.73. The number of rotatable bonds is 6. The Morgan fingerprint density at radius 2 is 2.21 bits per heavy atom. The van der Waals surface area contributed by atoms with Crippen molar-refractivity contribution in [3.05, 3.63) is 29.6 Å². The molecule has 1 fully saturated rings. The van der Waals surface area contributed by atoms with Crippen LogP contribution in [0.5, 0.6) is 0 Å². The Hall–Kier alpha value is -1.13. The minimum Gasteiger partial charge on any atom is -0.396 e. The molecule has 1 unspecified atom stereocenters. The van der Waals surface area contributed by atoms with E-state index in [4.69, 9.17) is 10.8 Å². The number of aliphatic hydroxyl groups is 1. The van der Waals surface area contributed by atoms with Crippen molar-refractivity contribution in [2.75, 3.05) is 18.1 Å². The van der Waals surface area contributed by atoms with Crippen LogP contribution in [0, 0.1) is 5.82 Å². The van der Waals surface area contributed by atoms with Crippen LogP contribution in [0.15, 0.2) is 18.2 Å². The lowest BCUT2D eigenvalue weighted by Crippen LogP contribution is -2.42. The standard InChI is InChI=1S/C15H23FN2O/c1-11(17)15-13(16)7-3-8-14(15)18(9-4-10-19)12-5-2-6-12/h3,7-8,11-12,19H,2,4-6,9-10,17H2,1H3. The predicted molar refractivity (Wildman–Crippen MR) is 75.7 cm³/mol. The normalized spacial score (nSPS) is 17.1. The summed E-state index contributed by atoms with van der Waals surface area (Å²) >= 11 is 0. The van der Waals surface area contributed by atoms with E-state index >= 15 is 0 Å². The predicted octanol–water partition coefficient (Wildman–Crippen LogP) is 2.59. The van der Waals surface area contributed by atoms with Crippen LogP contribution >= 0.6 is 0 Å². The fourth-order valence-electron chi connectivity index (χ4n) is 2.67. The Bertz CT molecular complexity index is 419. The van der Waals surface area contributed by atoms with E-state index in [0.29, 0.717) is 18.0 Å². The fraction of sp³-hybridized carbons (Fsp3) is 0.600. The smallest absolute Gasteiger partial charge is 0.130 e. The highest BCUT2D eigenvalue weighted by molar-refractivity contribution is 5.56. The molecular weight excluding hydrogens is 243 g/mol. The summed E-state index contributed by atoms with van der Waals surface area (Å²) in [4.78, 5) is 2.22. The second kappa shape index (κ2) is 6.35. The summed E-state index contributed by atoms with van der Waals surface area (Å²) < 4.78 is 14.0. The van der Waals surface area contributed by atoms with Gasteiger partial charge in [0.15, 0.2) is 0 Å². The van der Waals surface area contributed by atoms with Gasteiger partial charge in [-0.1, -0.05) is 6.07 Å². The Morgan fingerprint density at radius 3 is 2.74 bits per heavy atom. The van der Waals surface area contributed by atoms with Gasteiger partial charge in [0.05, 0.1) is 0 Å². The van der Waals surface area contributed by atoms with Crippen molar-refractivity contribution in [3.8, 4) is 0 Å². The molecule has 1 aliphatic rings. The van der Waals surface area contributed by atoms with Crippen molar-refractivity contribution in [3.63, 3.8) is 0 Å². The number of hydrogen-bond donors (Lipinski definition) is 2. The van der Waals surface area contributed by atoms with Crippen molar-refractivity contribution < 1.29 is 9.50 Å². The highest BCUT2D eigenvalue weighted by Gasteiger charge is 2.27. The van der Waals surface area contributed by atoms with E-state index in [9.17, 15) is 4.39 Å². The van der Waals surface area contributed by atoms with Crippen LogP contribution < -0.4 is 10.6 Å². The fourth-order valence-corrected chi connectivity index (χ4v) is 2.67. The van der Waals surface area contributed by atoms with Crippen LogP contribution in [0.4, 0.5) is 10.1 Å². The molecule has 0 spiro atoms. The van der Waals surface area contributed by atoms with Gasteiger partial charge < -0.3 is 15.7 Å². The molecular formula is C15H23FN2O. The van der Waals surface area contributed by atoms with E-state index < -0.39 is 0 Å². The summed E-state index contributed by atoms with van der Waals surface area (Å²) in [5.41, 5.74) is 7.41.